The number of aryl methyl sites for hydroxylation is 1. The van der Waals surface area contributed by atoms with E-state index < -0.39 is 0 Å². The fraction of sp³-hybridized carbons (Fsp3) is 0.478. The lowest BCUT2D eigenvalue weighted by molar-refractivity contribution is -0.143. The Morgan fingerprint density at radius 2 is 2.03 bits per heavy atom. The van der Waals surface area contributed by atoms with E-state index in [4.69, 9.17) is 4.74 Å². The lowest BCUT2D eigenvalue weighted by Gasteiger charge is -2.37. The summed E-state index contributed by atoms with van der Waals surface area (Å²) in [7, 11) is 0. The van der Waals surface area contributed by atoms with Crippen LogP contribution in [0.15, 0.2) is 35.7 Å². The van der Waals surface area contributed by atoms with Crippen LogP contribution in [0.3, 0.4) is 0 Å². The zero-order chi connectivity index (χ0) is 20.4. The lowest BCUT2D eigenvalue weighted by atomic mass is 10.00. The Labute approximate surface area is 176 Å². The molecule has 0 spiro atoms. The number of carbonyl (C=O) groups excluding carboxylic acids is 2. The van der Waals surface area contributed by atoms with Crippen LogP contribution in [0.25, 0.3) is 0 Å². The molecule has 154 valence electrons. The first-order chi connectivity index (χ1) is 14.1. The molecule has 1 unspecified atom stereocenters. The van der Waals surface area contributed by atoms with Gasteiger partial charge in [0.05, 0.1) is 6.04 Å². The van der Waals surface area contributed by atoms with Crippen LogP contribution in [-0.2, 0) is 16.0 Å². The highest BCUT2D eigenvalue weighted by Crippen LogP contribution is 2.35. The van der Waals surface area contributed by atoms with Gasteiger partial charge in [0.2, 0.25) is 11.8 Å². The molecule has 1 aliphatic heterocycles. The van der Waals surface area contributed by atoms with Gasteiger partial charge in [-0.1, -0.05) is 25.1 Å². The maximum atomic E-state index is 13.3. The van der Waals surface area contributed by atoms with Crippen molar-refractivity contribution >= 4 is 23.2 Å². The predicted molar refractivity (Wildman–Crippen MR) is 114 cm³/mol. The van der Waals surface area contributed by atoms with Gasteiger partial charge in [0.1, 0.15) is 18.9 Å². The molecular formula is C23H28N2O3S. The van der Waals surface area contributed by atoms with Gasteiger partial charge in [0.15, 0.2) is 0 Å². The van der Waals surface area contributed by atoms with Crippen LogP contribution in [0, 0.1) is 6.92 Å². The molecule has 0 radical (unpaired) electrons. The summed E-state index contributed by atoms with van der Waals surface area (Å²) >= 11 is 1.75. The fourth-order valence-corrected chi connectivity index (χ4v) is 4.94. The first-order valence-electron chi connectivity index (χ1n) is 10.4. The Kier molecular flexibility index (Phi) is 5.90. The minimum Gasteiger partial charge on any atom is -0.491 e. The van der Waals surface area contributed by atoms with Gasteiger partial charge in [-0.25, -0.2) is 0 Å². The molecule has 1 saturated carbocycles. The van der Waals surface area contributed by atoms with E-state index in [1.807, 2.05) is 43.0 Å². The second kappa shape index (κ2) is 8.57. The summed E-state index contributed by atoms with van der Waals surface area (Å²) in [6.07, 6.45) is 3.32. The van der Waals surface area contributed by atoms with Gasteiger partial charge in [-0.15, -0.1) is 11.3 Å². The molecular weight excluding hydrogens is 384 g/mol. The van der Waals surface area contributed by atoms with Gasteiger partial charge in [-0.2, -0.15) is 0 Å². The fourth-order valence-electron chi connectivity index (χ4n) is 4.01. The number of benzene rings is 1. The average molecular weight is 413 g/mol. The molecule has 6 heteroatoms. The maximum Gasteiger partial charge on any atom is 0.242 e. The number of thiophene rings is 1. The lowest BCUT2D eigenvalue weighted by Crippen LogP contribution is -2.48. The van der Waals surface area contributed by atoms with Gasteiger partial charge in [-0.05, 0) is 54.8 Å². The van der Waals surface area contributed by atoms with Gasteiger partial charge in [-0.3, -0.25) is 9.59 Å². The predicted octanol–water partition coefficient (Wildman–Crippen LogP) is 3.96. The first-order valence-corrected chi connectivity index (χ1v) is 11.3. The van der Waals surface area contributed by atoms with Crippen LogP contribution in [0.4, 0.5) is 0 Å². The molecule has 1 fully saturated rings. The Bertz CT molecular complexity index is 890. The van der Waals surface area contributed by atoms with Crippen molar-refractivity contribution in [3.8, 4) is 5.75 Å². The maximum absolute atomic E-state index is 13.3. The number of hydrogen-bond donors (Lipinski definition) is 0. The molecule has 0 N–H and O–H groups in total. The Balaban J connectivity index is 1.52. The molecule has 5 nitrogen and oxygen atoms in total. The van der Waals surface area contributed by atoms with Gasteiger partial charge >= 0.3 is 0 Å². The van der Waals surface area contributed by atoms with Crippen molar-refractivity contribution < 1.29 is 14.3 Å². The summed E-state index contributed by atoms with van der Waals surface area (Å²) in [6.45, 7) is 5.16. The van der Waals surface area contributed by atoms with Crippen molar-refractivity contribution in [1.82, 2.24) is 9.80 Å². The van der Waals surface area contributed by atoms with Gasteiger partial charge in [0.25, 0.3) is 0 Å². The largest absolute Gasteiger partial charge is 0.491 e. The average Bonchev–Trinajstić information content (AvgIpc) is 3.46. The zero-order valence-corrected chi connectivity index (χ0v) is 17.9. The van der Waals surface area contributed by atoms with E-state index in [-0.39, 0.29) is 30.4 Å². The van der Waals surface area contributed by atoms with Crippen LogP contribution >= 0.6 is 11.3 Å². The highest BCUT2D eigenvalue weighted by Gasteiger charge is 2.37. The topological polar surface area (TPSA) is 49.9 Å². The summed E-state index contributed by atoms with van der Waals surface area (Å²) in [5.41, 5.74) is 2.27. The van der Waals surface area contributed by atoms with Crippen LogP contribution in [-0.4, -0.2) is 47.4 Å². The quantitative estimate of drug-likeness (QED) is 0.692. The highest BCUT2D eigenvalue weighted by molar-refractivity contribution is 7.10. The molecule has 2 amide bonds. The van der Waals surface area contributed by atoms with Crippen LogP contribution in [0.1, 0.15) is 48.2 Å². The molecule has 4 rings (SSSR count). The number of para-hydroxylation sites is 1. The standard InChI is InChI=1S/C23H28N2O3S/c1-3-22(26)25(17-8-9-17)14-23(27)24-12-10-21-18(11-13-29-21)19(24)15-28-20-7-5-4-6-16(20)2/h4-7,11,13,17,19H,3,8-10,12,14-15H2,1-2H3. The molecule has 29 heavy (non-hydrogen) atoms. The first kappa shape index (κ1) is 20.0. The number of carbonyl (C=O) groups is 2. The molecule has 2 aromatic rings. The molecule has 0 bridgehead atoms. The van der Waals surface area contributed by atoms with Crippen molar-refractivity contribution in [3.05, 3.63) is 51.7 Å². The number of ether oxygens (including phenoxy) is 1. The molecule has 1 aromatic carbocycles. The Morgan fingerprint density at radius 1 is 1.24 bits per heavy atom. The normalized spacial score (nSPS) is 18.3. The second-order valence-corrected chi connectivity index (χ2v) is 8.84. The summed E-state index contributed by atoms with van der Waals surface area (Å²) in [5.74, 6) is 0.943. The Morgan fingerprint density at radius 3 is 2.76 bits per heavy atom. The summed E-state index contributed by atoms with van der Waals surface area (Å²) in [5, 5.41) is 2.09. The number of hydrogen-bond acceptors (Lipinski definition) is 4. The van der Waals surface area contributed by atoms with Crippen molar-refractivity contribution in [2.75, 3.05) is 19.7 Å². The van der Waals surface area contributed by atoms with Crippen LogP contribution in [0.2, 0.25) is 0 Å². The molecule has 1 aliphatic carbocycles. The van der Waals surface area contributed by atoms with Gasteiger partial charge in [0, 0.05) is 23.9 Å². The summed E-state index contributed by atoms with van der Waals surface area (Å²) < 4.78 is 6.15. The van der Waals surface area contributed by atoms with E-state index in [1.54, 1.807) is 16.2 Å². The van der Waals surface area contributed by atoms with Crippen LogP contribution < -0.4 is 4.74 Å². The van der Waals surface area contributed by atoms with E-state index in [1.165, 1.54) is 10.4 Å². The van der Waals surface area contributed by atoms with E-state index in [0.29, 0.717) is 19.6 Å². The number of fused-ring (bicyclic) bond motifs is 1. The zero-order valence-electron chi connectivity index (χ0n) is 17.1. The highest BCUT2D eigenvalue weighted by atomic mass is 32.1. The SMILES string of the molecule is CCC(=O)N(CC(=O)N1CCc2sccc2C1COc1ccccc1C)C1CC1. The van der Waals surface area contributed by atoms with Crippen molar-refractivity contribution in [1.29, 1.82) is 0 Å². The number of amides is 2. The van der Waals surface area contributed by atoms with E-state index in [2.05, 4.69) is 11.4 Å². The molecule has 2 heterocycles. The van der Waals surface area contributed by atoms with E-state index in [0.717, 1.165) is 30.6 Å². The third-order valence-corrected chi connectivity index (χ3v) is 6.82. The van der Waals surface area contributed by atoms with Gasteiger partial charge < -0.3 is 14.5 Å². The summed E-state index contributed by atoms with van der Waals surface area (Å²) in [6, 6.07) is 10.2. The van der Waals surface area contributed by atoms with E-state index in [9.17, 15) is 9.59 Å². The minimum atomic E-state index is -0.116. The third-order valence-electron chi connectivity index (χ3n) is 5.82. The van der Waals surface area contributed by atoms with Crippen molar-refractivity contribution in [2.24, 2.45) is 0 Å². The smallest absolute Gasteiger partial charge is 0.242 e. The number of rotatable bonds is 7. The molecule has 2 aliphatic rings. The third kappa shape index (κ3) is 4.32. The second-order valence-electron chi connectivity index (χ2n) is 7.83. The van der Waals surface area contributed by atoms with Crippen molar-refractivity contribution in [3.63, 3.8) is 0 Å². The van der Waals surface area contributed by atoms with Crippen LogP contribution in [0.5, 0.6) is 5.75 Å². The van der Waals surface area contributed by atoms with E-state index >= 15 is 0 Å². The molecule has 0 saturated heterocycles. The van der Waals surface area contributed by atoms with Crippen molar-refractivity contribution in [2.45, 2.75) is 51.6 Å². The molecule has 1 atom stereocenters. The summed E-state index contributed by atoms with van der Waals surface area (Å²) in [4.78, 5) is 30.6. The molecule has 1 aromatic heterocycles. The monoisotopic (exact) mass is 412 g/mol. The minimum absolute atomic E-state index is 0.0222. The Hall–Kier alpha value is -2.34. The number of nitrogens with zero attached hydrogens (tertiary/aromatic N) is 2.